The quantitative estimate of drug-likeness (QED) is 0.872. The summed E-state index contributed by atoms with van der Waals surface area (Å²) in [6, 6.07) is 8.24. The van der Waals surface area contributed by atoms with Gasteiger partial charge in [0.2, 0.25) is 5.91 Å². The van der Waals surface area contributed by atoms with E-state index in [1.165, 1.54) is 5.56 Å². The van der Waals surface area contributed by atoms with Crippen LogP contribution in [-0.4, -0.2) is 15.5 Å². The molecule has 1 amide bonds. The van der Waals surface area contributed by atoms with Gasteiger partial charge in [0, 0.05) is 31.9 Å². The highest BCUT2D eigenvalue weighted by atomic mass is 16.1. The summed E-state index contributed by atoms with van der Waals surface area (Å²) >= 11 is 0. The zero-order valence-corrected chi connectivity index (χ0v) is 10.5. The van der Waals surface area contributed by atoms with Gasteiger partial charge in [0.1, 0.15) is 0 Å². The zero-order valence-electron chi connectivity index (χ0n) is 10.5. The molecular weight excluding hydrogens is 226 g/mol. The van der Waals surface area contributed by atoms with Crippen molar-refractivity contribution >= 4 is 5.91 Å². The number of imidazole rings is 1. The number of benzene rings is 1. The Labute approximate surface area is 107 Å². The second-order valence-electron chi connectivity index (χ2n) is 4.18. The topological polar surface area (TPSA) is 46.9 Å². The highest BCUT2D eigenvalue weighted by Crippen LogP contribution is 2.06. The smallest absolute Gasteiger partial charge is 0.219 e. The first kappa shape index (κ1) is 12.4. The molecule has 2 rings (SSSR count). The molecule has 0 bridgehead atoms. The number of carbonyl (C=O) groups excluding carboxylic acids is 1. The van der Waals surface area contributed by atoms with Crippen molar-refractivity contribution in [1.82, 2.24) is 14.9 Å². The van der Waals surface area contributed by atoms with Gasteiger partial charge in [0.25, 0.3) is 0 Å². The van der Waals surface area contributed by atoms with Crippen LogP contribution in [0.25, 0.3) is 0 Å². The van der Waals surface area contributed by atoms with Crippen molar-refractivity contribution in [1.29, 1.82) is 0 Å². The first-order valence-electron chi connectivity index (χ1n) is 6.08. The third kappa shape index (κ3) is 3.45. The van der Waals surface area contributed by atoms with E-state index in [1.54, 1.807) is 12.5 Å². The monoisotopic (exact) mass is 243 g/mol. The van der Waals surface area contributed by atoms with Crippen LogP contribution in [0.4, 0.5) is 0 Å². The number of carbonyl (C=O) groups is 1. The van der Waals surface area contributed by atoms with Crippen LogP contribution in [-0.2, 0) is 17.9 Å². The van der Waals surface area contributed by atoms with Crippen LogP contribution in [0.2, 0.25) is 0 Å². The summed E-state index contributed by atoms with van der Waals surface area (Å²) in [4.78, 5) is 15.2. The molecule has 0 atom stereocenters. The molecular formula is C14H17N3O. The first-order chi connectivity index (χ1) is 8.78. The second kappa shape index (κ2) is 6.00. The van der Waals surface area contributed by atoms with Crippen molar-refractivity contribution in [3.8, 4) is 0 Å². The Morgan fingerprint density at radius 1 is 1.28 bits per heavy atom. The molecule has 1 aromatic heterocycles. The Bertz CT molecular complexity index is 488. The van der Waals surface area contributed by atoms with Gasteiger partial charge in [-0.05, 0) is 11.1 Å². The number of amides is 1. The average Bonchev–Trinajstić information content (AvgIpc) is 2.90. The van der Waals surface area contributed by atoms with E-state index >= 15 is 0 Å². The average molecular weight is 243 g/mol. The van der Waals surface area contributed by atoms with E-state index in [0.29, 0.717) is 13.0 Å². The van der Waals surface area contributed by atoms with Crippen LogP contribution >= 0.6 is 0 Å². The Hall–Kier alpha value is -2.10. The summed E-state index contributed by atoms with van der Waals surface area (Å²) in [5.74, 6) is 0.0810. The highest BCUT2D eigenvalue weighted by molar-refractivity contribution is 5.75. The van der Waals surface area contributed by atoms with Gasteiger partial charge in [-0.25, -0.2) is 4.98 Å². The van der Waals surface area contributed by atoms with E-state index in [0.717, 1.165) is 12.1 Å². The van der Waals surface area contributed by atoms with E-state index in [2.05, 4.69) is 22.4 Å². The predicted molar refractivity (Wildman–Crippen MR) is 69.9 cm³/mol. The lowest BCUT2D eigenvalue weighted by Gasteiger charge is -2.06. The van der Waals surface area contributed by atoms with E-state index in [1.807, 2.05) is 29.8 Å². The van der Waals surface area contributed by atoms with E-state index < -0.39 is 0 Å². The Morgan fingerprint density at radius 2 is 2.00 bits per heavy atom. The number of hydrogen-bond donors (Lipinski definition) is 1. The van der Waals surface area contributed by atoms with Gasteiger partial charge in [-0.3, -0.25) is 4.79 Å². The van der Waals surface area contributed by atoms with E-state index in [-0.39, 0.29) is 5.91 Å². The molecule has 0 saturated carbocycles. The fourth-order valence-electron chi connectivity index (χ4n) is 1.68. The van der Waals surface area contributed by atoms with E-state index in [9.17, 15) is 4.79 Å². The number of aromatic nitrogens is 2. The Morgan fingerprint density at radius 3 is 2.61 bits per heavy atom. The number of rotatable bonds is 5. The molecule has 2 aromatic rings. The maximum Gasteiger partial charge on any atom is 0.219 e. The Balaban J connectivity index is 1.91. The molecule has 0 saturated heterocycles. The van der Waals surface area contributed by atoms with Crippen LogP contribution in [0, 0.1) is 0 Å². The molecule has 0 aliphatic carbocycles. The third-order valence-corrected chi connectivity index (χ3v) is 2.76. The normalized spacial score (nSPS) is 10.3. The first-order valence-corrected chi connectivity index (χ1v) is 6.08. The Kier molecular flexibility index (Phi) is 4.12. The minimum absolute atomic E-state index is 0.0810. The molecule has 0 radical (unpaired) electrons. The number of nitrogens with zero attached hydrogens (tertiary/aromatic N) is 2. The SMILES string of the molecule is CCC(=O)NCc1ccc(Cn2ccnc2)cc1. The lowest BCUT2D eigenvalue weighted by molar-refractivity contribution is -0.120. The lowest BCUT2D eigenvalue weighted by Crippen LogP contribution is -2.21. The number of hydrogen-bond acceptors (Lipinski definition) is 2. The standard InChI is InChI=1S/C14H17N3O/c1-2-14(18)16-9-12-3-5-13(6-4-12)10-17-8-7-15-11-17/h3-8,11H,2,9-10H2,1H3,(H,16,18). The van der Waals surface area contributed by atoms with Crippen LogP contribution in [0.1, 0.15) is 24.5 Å². The summed E-state index contributed by atoms with van der Waals surface area (Å²) in [5, 5.41) is 2.86. The van der Waals surface area contributed by atoms with Gasteiger partial charge in [-0.2, -0.15) is 0 Å². The molecule has 0 fully saturated rings. The molecule has 18 heavy (non-hydrogen) atoms. The summed E-state index contributed by atoms with van der Waals surface area (Å²) < 4.78 is 2.02. The molecule has 1 N–H and O–H groups in total. The highest BCUT2D eigenvalue weighted by Gasteiger charge is 1.99. The van der Waals surface area contributed by atoms with Gasteiger partial charge in [0.15, 0.2) is 0 Å². The van der Waals surface area contributed by atoms with Crippen LogP contribution in [0.5, 0.6) is 0 Å². The fraction of sp³-hybridized carbons (Fsp3) is 0.286. The summed E-state index contributed by atoms with van der Waals surface area (Å²) in [5.41, 5.74) is 2.34. The van der Waals surface area contributed by atoms with Gasteiger partial charge < -0.3 is 9.88 Å². The van der Waals surface area contributed by atoms with Gasteiger partial charge in [-0.1, -0.05) is 31.2 Å². The van der Waals surface area contributed by atoms with Crippen molar-refractivity contribution in [3.05, 3.63) is 54.1 Å². The predicted octanol–water partition coefficient (Wildman–Crippen LogP) is 1.96. The molecule has 1 aromatic carbocycles. The van der Waals surface area contributed by atoms with Crippen molar-refractivity contribution in [2.75, 3.05) is 0 Å². The molecule has 1 heterocycles. The van der Waals surface area contributed by atoms with Crippen LogP contribution < -0.4 is 5.32 Å². The molecule has 94 valence electrons. The zero-order chi connectivity index (χ0) is 12.8. The second-order valence-corrected chi connectivity index (χ2v) is 4.18. The molecule has 4 nitrogen and oxygen atoms in total. The van der Waals surface area contributed by atoms with Crippen molar-refractivity contribution < 1.29 is 4.79 Å². The number of nitrogens with one attached hydrogen (secondary N) is 1. The molecule has 0 aliphatic rings. The van der Waals surface area contributed by atoms with Crippen LogP contribution in [0.15, 0.2) is 43.0 Å². The van der Waals surface area contributed by atoms with Crippen LogP contribution in [0.3, 0.4) is 0 Å². The fourth-order valence-corrected chi connectivity index (χ4v) is 1.68. The summed E-state index contributed by atoms with van der Waals surface area (Å²) in [6.07, 6.45) is 6.04. The van der Waals surface area contributed by atoms with Crippen molar-refractivity contribution in [3.63, 3.8) is 0 Å². The maximum absolute atomic E-state index is 11.1. The molecule has 0 spiro atoms. The van der Waals surface area contributed by atoms with E-state index in [4.69, 9.17) is 0 Å². The van der Waals surface area contributed by atoms with Gasteiger partial charge in [0.05, 0.1) is 6.33 Å². The van der Waals surface area contributed by atoms with Gasteiger partial charge >= 0.3 is 0 Å². The summed E-state index contributed by atoms with van der Waals surface area (Å²) in [6.45, 7) is 3.27. The largest absolute Gasteiger partial charge is 0.352 e. The molecule has 4 heteroatoms. The van der Waals surface area contributed by atoms with Crippen molar-refractivity contribution in [2.45, 2.75) is 26.4 Å². The maximum atomic E-state index is 11.1. The minimum atomic E-state index is 0.0810. The minimum Gasteiger partial charge on any atom is -0.352 e. The summed E-state index contributed by atoms with van der Waals surface area (Å²) in [7, 11) is 0. The van der Waals surface area contributed by atoms with Gasteiger partial charge in [-0.15, -0.1) is 0 Å². The lowest BCUT2D eigenvalue weighted by atomic mass is 10.1. The molecule has 0 aliphatic heterocycles. The third-order valence-electron chi connectivity index (χ3n) is 2.76. The molecule has 0 unspecified atom stereocenters. The van der Waals surface area contributed by atoms with Crippen molar-refractivity contribution in [2.24, 2.45) is 0 Å².